The first-order valence-electron chi connectivity index (χ1n) is 5.17. The second-order valence-electron chi connectivity index (χ2n) is 4.37. The summed E-state index contributed by atoms with van der Waals surface area (Å²) in [4.78, 5) is 10.2. The average Bonchev–Trinajstić information content (AvgIpc) is 2.98. The van der Waals surface area contributed by atoms with E-state index in [0.29, 0.717) is 0 Å². The minimum absolute atomic E-state index is 0.0218. The summed E-state index contributed by atoms with van der Waals surface area (Å²) in [7, 11) is 0. The smallest absolute Gasteiger partial charge is 0.270 e. The van der Waals surface area contributed by atoms with E-state index in [2.05, 4.69) is 15.9 Å². The van der Waals surface area contributed by atoms with Crippen molar-refractivity contribution in [2.24, 2.45) is 5.73 Å². The predicted octanol–water partition coefficient (Wildman–Crippen LogP) is 2.74. The van der Waals surface area contributed by atoms with Crippen molar-refractivity contribution in [1.82, 2.24) is 0 Å². The second-order valence-corrected chi connectivity index (χ2v) is 5.22. The quantitative estimate of drug-likeness (QED) is 0.685. The second kappa shape index (κ2) is 3.82. The van der Waals surface area contributed by atoms with Crippen LogP contribution in [-0.4, -0.2) is 11.0 Å². The maximum Gasteiger partial charge on any atom is 0.270 e. The first-order chi connectivity index (χ1) is 7.47. The number of benzene rings is 1. The molecule has 0 radical (unpaired) electrons. The molecule has 1 unspecified atom stereocenters. The predicted molar refractivity (Wildman–Crippen MR) is 65.4 cm³/mol. The number of nitrogens with zero attached hydrogens (tertiary/aromatic N) is 1. The summed E-state index contributed by atoms with van der Waals surface area (Å²) in [6.07, 6.45) is 2.11. The topological polar surface area (TPSA) is 69.2 Å². The number of hydrogen-bond donors (Lipinski definition) is 1. The van der Waals surface area contributed by atoms with E-state index >= 15 is 0 Å². The van der Waals surface area contributed by atoms with Gasteiger partial charge in [-0.1, -0.05) is 22.0 Å². The van der Waals surface area contributed by atoms with Crippen molar-refractivity contribution in [3.63, 3.8) is 0 Å². The minimum atomic E-state index is -0.389. The fourth-order valence-electron chi connectivity index (χ4n) is 2.13. The first kappa shape index (κ1) is 11.5. The molecule has 0 spiro atoms. The van der Waals surface area contributed by atoms with Gasteiger partial charge in [-0.2, -0.15) is 0 Å². The number of nitro groups is 1. The zero-order valence-corrected chi connectivity index (χ0v) is 10.5. The van der Waals surface area contributed by atoms with Crippen molar-refractivity contribution in [3.05, 3.63) is 38.3 Å². The highest BCUT2D eigenvalue weighted by atomic mass is 79.9. The average molecular weight is 285 g/mol. The highest BCUT2D eigenvalue weighted by molar-refractivity contribution is 9.10. The normalized spacial score (nSPS) is 19.2. The monoisotopic (exact) mass is 284 g/mol. The van der Waals surface area contributed by atoms with Gasteiger partial charge < -0.3 is 5.73 Å². The van der Waals surface area contributed by atoms with Crippen LogP contribution in [0, 0.1) is 10.1 Å². The Morgan fingerprint density at radius 3 is 2.56 bits per heavy atom. The van der Waals surface area contributed by atoms with E-state index < -0.39 is 0 Å². The van der Waals surface area contributed by atoms with E-state index in [1.165, 1.54) is 0 Å². The zero-order valence-electron chi connectivity index (χ0n) is 8.94. The van der Waals surface area contributed by atoms with Gasteiger partial charge in [0.15, 0.2) is 0 Å². The molecule has 4 nitrogen and oxygen atoms in total. The lowest BCUT2D eigenvalue weighted by Crippen LogP contribution is -2.31. The molecule has 0 aliphatic heterocycles. The minimum Gasteiger partial charge on any atom is -0.327 e. The van der Waals surface area contributed by atoms with Crippen LogP contribution < -0.4 is 5.73 Å². The van der Waals surface area contributed by atoms with Crippen molar-refractivity contribution in [3.8, 4) is 0 Å². The van der Waals surface area contributed by atoms with Gasteiger partial charge in [0.25, 0.3) is 5.69 Å². The molecule has 1 aliphatic carbocycles. The molecule has 0 saturated heterocycles. The van der Waals surface area contributed by atoms with Gasteiger partial charge in [-0.25, -0.2) is 0 Å². The van der Waals surface area contributed by atoms with Gasteiger partial charge in [0.1, 0.15) is 0 Å². The summed E-state index contributed by atoms with van der Waals surface area (Å²) in [6, 6.07) is 4.99. The summed E-state index contributed by atoms with van der Waals surface area (Å²) in [5, 5.41) is 10.6. The number of non-ortho nitro benzene ring substituents is 1. The summed E-state index contributed by atoms with van der Waals surface area (Å²) in [6.45, 7) is 1.99. The van der Waals surface area contributed by atoms with Crippen molar-refractivity contribution in [2.45, 2.75) is 31.2 Å². The maximum atomic E-state index is 10.6. The molecule has 0 aromatic heterocycles. The van der Waals surface area contributed by atoms with Crippen LogP contribution in [0.15, 0.2) is 22.7 Å². The van der Waals surface area contributed by atoms with Crippen LogP contribution in [0.4, 0.5) is 5.69 Å². The first-order valence-corrected chi connectivity index (χ1v) is 5.97. The molecule has 1 aromatic rings. The van der Waals surface area contributed by atoms with Crippen LogP contribution in [0.2, 0.25) is 0 Å². The Labute approximate surface area is 102 Å². The van der Waals surface area contributed by atoms with Crippen LogP contribution in [0.1, 0.15) is 25.3 Å². The van der Waals surface area contributed by atoms with Crippen LogP contribution in [0.5, 0.6) is 0 Å². The number of nitro benzene ring substituents is 1. The van der Waals surface area contributed by atoms with Gasteiger partial charge >= 0.3 is 0 Å². The summed E-state index contributed by atoms with van der Waals surface area (Å²) >= 11 is 3.40. The third-order valence-electron chi connectivity index (χ3n) is 3.36. The number of rotatable bonds is 3. The molecule has 0 amide bonds. The van der Waals surface area contributed by atoms with Gasteiger partial charge in [0, 0.05) is 28.1 Å². The van der Waals surface area contributed by atoms with Gasteiger partial charge in [0.05, 0.1) is 4.92 Å². The largest absolute Gasteiger partial charge is 0.327 e. The fourth-order valence-corrected chi connectivity index (χ4v) is 2.89. The van der Waals surface area contributed by atoms with Crippen LogP contribution in [-0.2, 0) is 5.41 Å². The molecule has 1 aliphatic rings. The molecular formula is C11H13BrN2O2. The highest BCUT2D eigenvalue weighted by Crippen LogP contribution is 2.52. The van der Waals surface area contributed by atoms with E-state index in [1.54, 1.807) is 12.1 Å². The Hall–Kier alpha value is -0.940. The lowest BCUT2D eigenvalue weighted by atomic mass is 9.89. The standard InChI is InChI=1S/C11H13BrN2O2/c1-7(13)11(4-5-11)9-3-2-8(14(15)16)6-10(9)12/h2-3,6-7H,4-5,13H2,1H3. The van der Waals surface area contributed by atoms with Gasteiger partial charge in [-0.05, 0) is 25.3 Å². The number of nitrogens with two attached hydrogens (primary N) is 1. The van der Waals surface area contributed by atoms with Gasteiger partial charge in [-0.3, -0.25) is 10.1 Å². The molecule has 1 saturated carbocycles. The number of hydrogen-bond acceptors (Lipinski definition) is 3. The molecule has 2 rings (SSSR count). The molecule has 1 atom stereocenters. The highest BCUT2D eigenvalue weighted by Gasteiger charge is 2.48. The van der Waals surface area contributed by atoms with Crippen molar-refractivity contribution < 1.29 is 4.92 Å². The maximum absolute atomic E-state index is 10.6. The molecule has 2 N–H and O–H groups in total. The third-order valence-corrected chi connectivity index (χ3v) is 4.02. The van der Waals surface area contributed by atoms with Crippen LogP contribution in [0.3, 0.4) is 0 Å². The molecule has 1 aromatic carbocycles. The molecule has 5 heteroatoms. The lowest BCUT2D eigenvalue weighted by molar-refractivity contribution is -0.384. The Bertz CT molecular complexity index is 442. The zero-order chi connectivity index (χ0) is 11.9. The van der Waals surface area contributed by atoms with Crippen molar-refractivity contribution in [2.75, 3.05) is 0 Å². The number of halogens is 1. The Morgan fingerprint density at radius 2 is 2.19 bits per heavy atom. The molecule has 1 fully saturated rings. The summed E-state index contributed by atoms with van der Waals surface area (Å²) in [5.41, 5.74) is 7.20. The summed E-state index contributed by atoms with van der Waals surface area (Å²) in [5.74, 6) is 0. The van der Waals surface area contributed by atoms with E-state index in [1.807, 2.05) is 13.0 Å². The van der Waals surface area contributed by atoms with Gasteiger partial charge in [-0.15, -0.1) is 0 Å². The Kier molecular flexibility index (Phi) is 2.75. The van der Waals surface area contributed by atoms with Crippen molar-refractivity contribution in [1.29, 1.82) is 0 Å². The SMILES string of the molecule is CC(N)C1(c2ccc([N+](=O)[O-])cc2Br)CC1. The van der Waals surface area contributed by atoms with Crippen LogP contribution in [0.25, 0.3) is 0 Å². The molecule has 16 heavy (non-hydrogen) atoms. The van der Waals surface area contributed by atoms with E-state index in [0.717, 1.165) is 22.9 Å². The molecule has 86 valence electrons. The Morgan fingerprint density at radius 1 is 1.56 bits per heavy atom. The lowest BCUT2D eigenvalue weighted by Gasteiger charge is -2.21. The fraction of sp³-hybridized carbons (Fsp3) is 0.455. The van der Waals surface area contributed by atoms with Crippen molar-refractivity contribution >= 4 is 21.6 Å². The third kappa shape index (κ3) is 1.74. The van der Waals surface area contributed by atoms with E-state index in [9.17, 15) is 10.1 Å². The van der Waals surface area contributed by atoms with E-state index in [4.69, 9.17) is 5.73 Å². The van der Waals surface area contributed by atoms with Crippen LogP contribution >= 0.6 is 15.9 Å². The Balaban J connectivity index is 2.41. The van der Waals surface area contributed by atoms with Gasteiger partial charge in [0.2, 0.25) is 0 Å². The summed E-state index contributed by atoms with van der Waals surface area (Å²) < 4.78 is 0.788. The molecule has 0 bridgehead atoms. The van der Waals surface area contributed by atoms with E-state index in [-0.39, 0.29) is 22.1 Å². The molecule has 0 heterocycles. The molecular weight excluding hydrogens is 272 g/mol.